The van der Waals surface area contributed by atoms with Crippen molar-refractivity contribution in [2.24, 2.45) is 5.92 Å². The van der Waals surface area contributed by atoms with E-state index in [2.05, 4.69) is 23.7 Å². The highest BCUT2D eigenvalue weighted by Crippen LogP contribution is 2.28. The van der Waals surface area contributed by atoms with E-state index in [0.29, 0.717) is 0 Å². The van der Waals surface area contributed by atoms with E-state index in [1.807, 2.05) is 0 Å². The van der Waals surface area contributed by atoms with Gasteiger partial charge in [-0.25, -0.2) is 0 Å². The van der Waals surface area contributed by atoms with Gasteiger partial charge in [0, 0.05) is 31.4 Å². The fourth-order valence-corrected chi connectivity index (χ4v) is 2.54. The zero-order chi connectivity index (χ0) is 8.55. The topological polar surface area (TPSA) is 15.3 Å². The zero-order valence-electron chi connectivity index (χ0n) is 7.84. The van der Waals surface area contributed by atoms with Crippen molar-refractivity contribution in [1.82, 2.24) is 10.2 Å². The summed E-state index contributed by atoms with van der Waals surface area (Å²) in [6.45, 7) is 9.76. The molecular weight excluding hydrogens is 148 g/mol. The molecule has 68 valence electrons. The molecule has 2 heteroatoms. The molecule has 2 fully saturated rings. The number of rotatable bonds is 1. The third-order valence-corrected chi connectivity index (χ3v) is 3.17. The molecule has 0 bridgehead atoms. The van der Waals surface area contributed by atoms with E-state index in [0.717, 1.165) is 18.5 Å². The van der Waals surface area contributed by atoms with Crippen molar-refractivity contribution >= 4 is 0 Å². The Hall–Kier alpha value is -0.500. The quantitative estimate of drug-likeness (QED) is 0.630. The SMILES string of the molecule is C=C(C)N1CCCC2CNC[C@@H]21. The first kappa shape index (κ1) is 8.11. The molecule has 2 aliphatic heterocycles. The molecule has 2 heterocycles. The molecule has 0 amide bonds. The van der Waals surface area contributed by atoms with Crippen molar-refractivity contribution in [1.29, 1.82) is 0 Å². The minimum Gasteiger partial charge on any atom is -0.371 e. The van der Waals surface area contributed by atoms with Crippen LogP contribution in [0, 0.1) is 5.92 Å². The molecule has 2 saturated heterocycles. The molecule has 1 N–H and O–H groups in total. The van der Waals surface area contributed by atoms with Gasteiger partial charge in [-0.05, 0) is 25.7 Å². The van der Waals surface area contributed by atoms with Crippen molar-refractivity contribution < 1.29 is 0 Å². The molecule has 0 spiro atoms. The Bertz CT molecular complexity index is 188. The zero-order valence-corrected chi connectivity index (χ0v) is 7.84. The van der Waals surface area contributed by atoms with Gasteiger partial charge < -0.3 is 10.2 Å². The van der Waals surface area contributed by atoms with Crippen molar-refractivity contribution in [2.45, 2.75) is 25.8 Å². The van der Waals surface area contributed by atoms with Crippen LogP contribution in [-0.4, -0.2) is 30.6 Å². The van der Waals surface area contributed by atoms with Crippen molar-refractivity contribution in [3.05, 3.63) is 12.3 Å². The summed E-state index contributed by atoms with van der Waals surface area (Å²) < 4.78 is 0. The Labute approximate surface area is 74.6 Å². The fourth-order valence-electron chi connectivity index (χ4n) is 2.54. The molecule has 2 rings (SSSR count). The van der Waals surface area contributed by atoms with Gasteiger partial charge in [-0.15, -0.1) is 0 Å². The lowest BCUT2D eigenvalue weighted by Crippen LogP contribution is -2.43. The van der Waals surface area contributed by atoms with E-state index < -0.39 is 0 Å². The van der Waals surface area contributed by atoms with Crippen LogP contribution in [0.3, 0.4) is 0 Å². The van der Waals surface area contributed by atoms with Crippen LogP contribution in [0.15, 0.2) is 12.3 Å². The summed E-state index contributed by atoms with van der Waals surface area (Å²) >= 11 is 0. The largest absolute Gasteiger partial charge is 0.371 e. The van der Waals surface area contributed by atoms with Gasteiger partial charge in [0.1, 0.15) is 0 Å². The predicted molar refractivity (Wildman–Crippen MR) is 50.9 cm³/mol. The van der Waals surface area contributed by atoms with Gasteiger partial charge >= 0.3 is 0 Å². The van der Waals surface area contributed by atoms with Gasteiger partial charge in [0.15, 0.2) is 0 Å². The highest BCUT2D eigenvalue weighted by atomic mass is 15.2. The maximum atomic E-state index is 4.04. The summed E-state index contributed by atoms with van der Waals surface area (Å²) in [5.41, 5.74) is 1.24. The fraction of sp³-hybridized carbons (Fsp3) is 0.800. The van der Waals surface area contributed by atoms with E-state index in [9.17, 15) is 0 Å². The first-order valence-corrected chi connectivity index (χ1v) is 4.92. The van der Waals surface area contributed by atoms with E-state index in [4.69, 9.17) is 0 Å². The minimum absolute atomic E-state index is 0.747. The van der Waals surface area contributed by atoms with Gasteiger partial charge in [0.25, 0.3) is 0 Å². The van der Waals surface area contributed by atoms with Crippen LogP contribution in [0.4, 0.5) is 0 Å². The summed E-state index contributed by atoms with van der Waals surface area (Å²) in [7, 11) is 0. The number of nitrogens with zero attached hydrogens (tertiary/aromatic N) is 1. The summed E-state index contributed by atoms with van der Waals surface area (Å²) in [5, 5.41) is 3.47. The van der Waals surface area contributed by atoms with Gasteiger partial charge in [0.05, 0.1) is 0 Å². The molecule has 0 aromatic rings. The van der Waals surface area contributed by atoms with Crippen molar-refractivity contribution in [3.63, 3.8) is 0 Å². The van der Waals surface area contributed by atoms with Crippen LogP contribution in [0.5, 0.6) is 0 Å². The molecule has 12 heavy (non-hydrogen) atoms. The maximum Gasteiger partial charge on any atom is 0.0451 e. The van der Waals surface area contributed by atoms with Gasteiger partial charge in [-0.1, -0.05) is 6.58 Å². The first-order chi connectivity index (χ1) is 5.79. The standard InChI is InChI=1S/C10H18N2/c1-8(2)12-5-3-4-9-6-11-7-10(9)12/h9-11H,1,3-7H2,2H3/t9?,10-/m0/s1. The molecule has 0 radical (unpaired) electrons. The molecule has 1 unspecified atom stereocenters. The van der Waals surface area contributed by atoms with E-state index in [-0.39, 0.29) is 0 Å². The number of allylic oxidation sites excluding steroid dienone is 1. The second-order valence-corrected chi connectivity index (χ2v) is 4.06. The minimum atomic E-state index is 0.747. The summed E-state index contributed by atoms with van der Waals surface area (Å²) in [5.74, 6) is 0.885. The second kappa shape index (κ2) is 3.09. The molecule has 2 atom stereocenters. The molecule has 0 aromatic carbocycles. The number of fused-ring (bicyclic) bond motifs is 1. The van der Waals surface area contributed by atoms with Gasteiger partial charge in [-0.3, -0.25) is 0 Å². The number of hydrogen-bond donors (Lipinski definition) is 1. The smallest absolute Gasteiger partial charge is 0.0451 e. The highest BCUT2D eigenvalue weighted by molar-refractivity contribution is 5.01. The normalized spacial score (nSPS) is 34.9. The summed E-state index contributed by atoms with van der Waals surface area (Å²) in [4.78, 5) is 2.48. The van der Waals surface area contributed by atoms with Crippen LogP contribution in [0.1, 0.15) is 19.8 Å². The number of nitrogens with one attached hydrogen (secondary N) is 1. The average molecular weight is 166 g/mol. The third-order valence-electron chi connectivity index (χ3n) is 3.17. The average Bonchev–Trinajstić information content (AvgIpc) is 2.49. The lowest BCUT2D eigenvalue weighted by atomic mass is 9.92. The van der Waals surface area contributed by atoms with Crippen molar-refractivity contribution in [2.75, 3.05) is 19.6 Å². The monoisotopic (exact) mass is 166 g/mol. The Morgan fingerprint density at radius 1 is 1.50 bits per heavy atom. The van der Waals surface area contributed by atoms with Gasteiger partial charge in [-0.2, -0.15) is 0 Å². The molecule has 2 aliphatic rings. The summed E-state index contributed by atoms with van der Waals surface area (Å²) in [6.07, 6.45) is 2.75. The maximum absolute atomic E-state index is 4.04. The Morgan fingerprint density at radius 2 is 2.33 bits per heavy atom. The number of likely N-dealkylation sites (tertiary alicyclic amines) is 1. The number of hydrogen-bond acceptors (Lipinski definition) is 2. The van der Waals surface area contributed by atoms with E-state index in [1.165, 1.54) is 31.6 Å². The molecular formula is C10H18N2. The van der Waals surface area contributed by atoms with Crippen LogP contribution in [0.2, 0.25) is 0 Å². The van der Waals surface area contributed by atoms with Crippen LogP contribution < -0.4 is 5.32 Å². The van der Waals surface area contributed by atoms with Crippen LogP contribution >= 0.6 is 0 Å². The lowest BCUT2D eigenvalue weighted by Gasteiger charge is -2.38. The first-order valence-electron chi connectivity index (χ1n) is 4.92. The van der Waals surface area contributed by atoms with Crippen LogP contribution in [0.25, 0.3) is 0 Å². The van der Waals surface area contributed by atoms with E-state index >= 15 is 0 Å². The third kappa shape index (κ3) is 1.24. The molecule has 0 aliphatic carbocycles. The van der Waals surface area contributed by atoms with Crippen LogP contribution in [-0.2, 0) is 0 Å². The molecule has 2 nitrogen and oxygen atoms in total. The Kier molecular flexibility index (Phi) is 2.09. The van der Waals surface area contributed by atoms with Crippen molar-refractivity contribution in [3.8, 4) is 0 Å². The second-order valence-electron chi connectivity index (χ2n) is 4.06. The lowest BCUT2D eigenvalue weighted by molar-refractivity contribution is 0.166. The predicted octanol–water partition coefficient (Wildman–Crippen LogP) is 1.20. The van der Waals surface area contributed by atoms with Gasteiger partial charge in [0.2, 0.25) is 0 Å². The Balaban J connectivity index is 2.08. The molecule has 0 aromatic heterocycles. The summed E-state index contributed by atoms with van der Waals surface area (Å²) in [6, 6.07) is 0.747. The Morgan fingerprint density at radius 3 is 3.08 bits per heavy atom. The number of piperidine rings is 1. The molecule has 0 saturated carbocycles. The highest BCUT2D eigenvalue weighted by Gasteiger charge is 2.34. The van der Waals surface area contributed by atoms with E-state index in [1.54, 1.807) is 0 Å².